The third kappa shape index (κ3) is 6.60. The Labute approximate surface area is 236 Å². The van der Waals surface area contributed by atoms with Gasteiger partial charge in [0.05, 0.1) is 29.5 Å². The molecule has 1 saturated heterocycles. The van der Waals surface area contributed by atoms with E-state index in [4.69, 9.17) is 24.7 Å². The van der Waals surface area contributed by atoms with Gasteiger partial charge in [0.2, 0.25) is 6.29 Å². The summed E-state index contributed by atoms with van der Waals surface area (Å²) in [7, 11) is -3.71. The Kier molecular flexibility index (Phi) is 8.54. The van der Waals surface area contributed by atoms with Crippen LogP contribution < -0.4 is 15.2 Å². The smallest absolute Gasteiger partial charge is 0.333 e. The number of nitrogens with zero attached hydrogens (tertiary/aromatic N) is 1. The first-order valence-corrected chi connectivity index (χ1v) is 14.8. The van der Waals surface area contributed by atoms with Crippen molar-refractivity contribution in [2.45, 2.75) is 51.2 Å². The highest BCUT2D eigenvalue weighted by Gasteiger charge is 2.43. The topological polar surface area (TPSA) is 189 Å². The molecule has 4 rings (SSSR count). The molecule has 0 aromatic heterocycles. The Morgan fingerprint density at radius 2 is 1.88 bits per heavy atom. The number of aliphatic carboxylic acids is 1. The van der Waals surface area contributed by atoms with Gasteiger partial charge in [-0.05, 0) is 36.8 Å². The number of fused-ring (bicyclic) bond motifs is 1. The van der Waals surface area contributed by atoms with Crippen LogP contribution >= 0.6 is 0 Å². The van der Waals surface area contributed by atoms with Gasteiger partial charge in [0, 0.05) is 31.7 Å². The molecule has 2 amide bonds. The van der Waals surface area contributed by atoms with E-state index < -0.39 is 63.9 Å². The number of carboxylic acids is 1. The number of imide groups is 1. The standard InChI is InChI=1S/C27H30N2O11S/c1-4-37-21-10-15(8-9-20(21)39-23-12-16(38-14(2)30)11-22(40-23)27(33)34)19(13-41(3,35)36)29-25(31)17-6-5-7-18(28)24(17)26(29)32/h5-10,16,19,22-23H,4,11-13,28H2,1-3H3,(H,33,34). The minimum atomic E-state index is -3.71. The molecule has 4 atom stereocenters. The number of anilines is 1. The van der Waals surface area contributed by atoms with Crippen LogP contribution in [-0.2, 0) is 28.9 Å². The molecule has 2 aliphatic heterocycles. The average Bonchev–Trinajstić information content (AvgIpc) is 3.13. The highest BCUT2D eigenvalue weighted by molar-refractivity contribution is 7.90. The van der Waals surface area contributed by atoms with Gasteiger partial charge < -0.3 is 29.8 Å². The van der Waals surface area contributed by atoms with Crippen LogP contribution in [-0.4, -0.2) is 79.3 Å². The van der Waals surface area contributed by atoms with Gasteiger partial charge in [-0.2, -0.15) is 0 Å². The fraction of sp³-hybridized carbons (Fsp3) is 0.407. The summed E-state index contributed by atoms with van der Waals surface area (Å²) < 4.78 is 47.2. The lowest BCUT2D eigenvalue weighted by Crippen LogP contribution is -2.43. The largest absolute Gasteiger partial charge is 0.490 e. The normalized spacial score (nSPS) is 21.2. The summed E-state index contributed by atoms with van der Waals surface area (Å²) in [5.74, 6) is -3.55. The summed E-state index contributed by atoms with van der Waals surface area (Å²) in [5.41, 5.74) is 6.40. The first-order valence-electron chi connectivity index (χ1n) is 12.7. The first kappa shape index (κ1) is 29.8. The van der Waals surface area contributed by atoms with Gasteiger partial charge in [0.25, 0.3) is 11.8 Å². The third-order valence-corrected chi connectivity index (χ3v) is 7.44. The van der Waals surface area contributed by atoms with E-state index in [9.17, 15) is 32.7 Å². The number of amides is 2. The maximum atomic E-state index is 13.3. The number of carbonyl (C=O) groups excluding carboxylic acids is 3. The number of ether oxygens (including phenoxy) is 4. The molecule has 13 nitrogen and oxygen atoms in total. The van der Waals surface area contributed by atoms with Gasteiger partial charge in [-0.15, -0.1) is 0 Å². The van der Waals surface area contributed by atoms with Crippen molar-refractivity contribution in [1.29, 1.82) is 0 Å². The van der Waals surface area contributed by atoms with Gasteiger partial charge >= 0.3 is 11.9 Å². The van der Waals surface area contributed by atoms with Gasteiger partial charge in [0.1, 0.15) is 15.9 Å². The van der Waals surface area contributed by atoms with Crippen molar-refractivity contribution in [3.63, 3.8) is 0 Å². The maximum Gasteiger partial charge on any atom is 0.333 e. The molecule has 3 N–H and O–H groups in total. The molecule has 0 bridgehead atoms. The SMILES string of the molecule is CCOc1cc(C(CS(C)(=O)=O)N2C(=O)c3cccc(N)c3C2=O)ccc1OC1CC(OC(C)=O)CC(C(=O)O)O1. The van der Waals surface area contributed by atoms with E-state index in [2.05, 4.69) is 0 Å². The van der Waals surface area contributed by atoms with Crippen LogP contribution in [0.15, 0.2) is 36.4 Å². The Balaban J connectivity index is 1.68. The lowest BCUT2D eigenvalue weighted by atomic mass is 10.0. The van der Waals surface area contributed by atoms with Crippen molar-refractivity contribution in [1.82, 2.24) is 4.90 Å². The zero-order chi connectivity index (χ0) is 30.1. The Hall–Kier alpha value is -4.17. The van der Waals surface area contributed by atoms with Crippen molar-refractivity contribution >= 4 is 39.3 Å². The van der Waals surface area contributed by atoms with Gasteiger partial charge in [-0.1, -0.05) is 12.1 Å². The summed E-state index contributed by atoms with van der Waals surface area (Å²) in [6.07, 6.45) is -2.18. The van der Waals surface area contributed by atoms with Crippen LogP contribution in [0.25, 0.3) is 0 Å². The molecule has 220 valence electrons. The molecule has 0 aliphatic carbocycles. The Bertz CT molecular complexity index is 1490. The number of esters is 1. The van der Waals surface area contributed by atoms with Crippen molar-refractivity contribution in [3.05, 3.63) is 53.1 Å². The average molecular weight is 591 g/mol. The molecule has 2 aliphatic rings. The Morgan fingerprint density at radius 3 is 2.49 bits per heavy atom. The predicted octanol–water partition coefficient (Wildman–Crippen LogP) is 1.95. The number of hydrogen-bond donors (Lipinski definition) is 2. The van der Waals surface area contributed by atoms with Crippen LogP contribution in [0, 0.1) is 0 Å². The van der Waals surface area contributed by atoms with E-state index in [0.29, 0.717) is 0 Å². The second kappa shape index (κ2) is 11.7. The number of nitrogens with two attached hydrogens (primary N) is 1. The highest BCUT2D eigenvalue weighted by atomic mass is 32.2. The highest BCUT2D eigenvalue weighted by Crippen LogP contribution is 2.39. The van der Waals surface area contributed by atoms with Crippen LogP contribution in [0.5, 0.6) is 11.5 Å². The summed E-state index contributed by atoms with van der Waals surface area (Å²) in [6.45, 7) is 3.08. The first-order chi connectivity index (χ1) is 19.3. The molecule has 4 unspecified atom stereocenters. The molecule has 14 heteroatoms. The summed E-state index contributed by atoms with van der Waals surface area (Å²) in [6, 6.07) is 7.60. The number of carbonyl (C=O) groups is 4. The summed E-state index contributed by atoms with van der Waals surface area (Å²) in [5, 5.41) is 9.47. The van der Waals surface area contributed by atoms with E-state index in [1.54, 1.807) is 6.92 Å². The molecule has 41 heavy (non-hydrogen) atoms. The molecular formula is C27H30N2O11S. The van der Waals surface area contributed by atoms with Crippen molar-refractivity contribution in [2.75, 3.05) is 24.3 Å². The van der Waals surface area contributed by atoms with Crippen LogP contribution in [0.4, 0.5) is 5.69 Å². The van der Waals surface area contributed by atoms with E-state index in [1.165, 1.54) is 43.3 Å². The van der Waals surface area contributed by atoms with E-state index in [-0.39, 0.29) is 53.3 Å². The monoisotopic (exact) mass is 590 g/mol. The number of rotatable bonds is 10. The van der Waals surface area contributed by atoms with Crippen molar-refractivity contribution in [2.24, 2.45) is 0 Å². The van der Waals surface area contributed by atoms with Crippen LogP contribution in [0.1, 0.15) is 59.0 Å². The Morgan fingerprint density at radius 1 is 1.15 bits per heavy atom. The minimum absolute atomic E-state index is 0.00533. The van der Waals surface area contributed by atoms with Gasteiger partial charge in [0.15, 0.2) is 17.6 Å². The third-order valence-electron chi connectivity index (χ3n) is 6.52. The zero-order valence-electron chi connectivity index (χ0n) is 22.6. The molecule has 0 radical (unpaired) electrons. The quantitative estimate of drug-likeness (QED) is 0.233. The predicted molar refractivity (Wildman–Crippen MR) is 143 cm³/mol. The minimum Gasteiger partial charge on any atom is -0.490 e. The second-order valence-electron chi connectivity index (χ2n) is 9.71. The van der Waals surface area contributed by atoms with Gasteiger partial charge in [-0.25, -0.2) is 13.2 Å². The van der Waals surface area contributed by atoms with Gasteiger partial charge in [-0.3, -0.25) is 19.3 Å². The molecule has 0 saturated carbocycles. The van der Waals surface area contributed by atoms with Crippen LogP contribution in [0.2, 0.25) is 0 Å². The lowest BCUT2D eigenvalue weighted by molar-refractivity contribution is -0.202. The second-order valence-corrected chi connectivity index (χ2v) is 11.9. The number of benzene rings is 2. The molecule has 1 fully saturated rings. The molecule has 2 aromatic carbocycles. The molecule has 2 aromatic rings. The summed E-state index contributed by atoms with van der Waals surface area (Å²) >= 11 is 0. The zero-order valence-corrected chi connectivity index (χ0v) is 23.4. The van der Waals surface area contributed by atoms with E-state index in [1.807, 2.05) is 0 Å². The van der Waals surface area contributed by atoms with Crippen molar-refractivity contribution < 1.29 is 51.6 Å². The fourth-order valence-corrected chi connectivity index (χ4v) is 5.78. The number of nitrogen functional groups attached to an aromatic ring is 1. The fourth-order valence-electron chi connectivity index (χ4n) is 4.87. The summed E-state index contributed by atoms with van der Waals surface area (Å²) in [4.78, 5) is 50.6. The molecular weight excluding hydrogens is 560 g/mol. The van der Waals surface area contributed by atoms with Crippen LogP contribution in [0.3, 0.4) is 0 Å². The number of sulfone groups is 1. The number of hydrogen-bond acceptors (Lipinski definition) is 11. The lowest BCUT2D eigenvalue weighted by Gasteiger charge is -2.33. The van der Waals surface area contributed by atoms with Crippen molar-refractivity contribution in [3.8, 4) is 11.5 Å². The molecule has 2 heterocycles. The number of carboxylic acid groups (broad SMARTS) is 1. The maximum absolute atomic E-state index is 13.3. The molecule has 0 spiro atoms. The van der Waals surface area contributed by atoms with E-state index >= 15 is 0 Å². The van der Waals surface area contributed by atoms with E-state index in [0.717, 1.165) is 11.2 Å².